The van der Waals surface area contributed by atoms with Crippen LogP contribution in [0.2, 0.25) is 0 Å². The van der Waals surface area contributed by atoms with Crippen LogP contribution < -0.4 is 10.6 Å². The lowest BCUT2D eigenvalue weighted by molar-refractivity contribution is 0.0684. The van der Waals surface area contributed by atoms with Crippen LogP contribution in [0.4, 0.5) is 11.4 Å². The maximum Gasteiger partial charge on any atom is 0.192 e. The highest BCUT2D eigenvalue weighted by Gasteiger charge is 2.38. The van der Waals surface area contributed by atoms with E-state index < -0.39 is 14.4 Å². The third-order valence-corrected chi connectivity index (χ3v) is 12.5. The van der Waals surface area contributed by atoms with Crippen molar-refractivity contribution >= 4 is 60.7 Å². The highest BCUT2D eigenvalue weighted by molar-refractivity contribution is 9.09. The number of anilines is 2. The zero-order valence-corrected chi connectivity index (χ0v) is 23.2. The van der Waals surface area contributed by atoms with Crippen molar-refractivity contribution in [1.82, 2.24) is 0 Å². The molecule has 2 aliphatic heterocycles. The molecule has 5 nitrogen and oxygen atoms in total. The standard InChI is InChI=1S/C23H33BrN2O3S3/c1-15(23(2,3)4)26(14-16-8-10-29-11-9-16)20-7-6-17(12-19(20)25)32(27,28)22-18(24)13-21(30-5)31-22/h6-7,12-13,16,18,22H,1,8-11,14,25H2,2-5H3. The Kier molecular flexibility index (Phi) is 8.40. The smallest absolute Gasteiger partial charge is 0.192 e. The highest BCUT2D eigenvalue weighted by Crippen LogP contribution is 2.46. The fraction of sp³-hybridized carbons (Fsp3) is 0.565. The summed E-state index contributed by atoms with van der Waals surface area (Å²) in [6.07, 6.45) is 5.90. The zero-order valence-electron chi connectivity index (χ0n) is 19.1. The van der Waals surface area contributed by atoms with Gasteiger partial charge in [-0.1, -0.05) is 55.0 Å². The normalized spacial score (nSPS) is 22.6. The summed E-state index contributed by atoms with van der Waals surface area (Å²) in [5, 5.41) is 0. The Morgan fingerprint density at radius 2 is 2.00 bits per heavy atom. The summed E-state index contributed by atoms with van der Waals surface area (Å²) in [6, 6.07) is 5.13. The van der Waals surface area contributed by atoms with Gasteiger partial charge in [-0.05, 0) is 49.3 Å². The van der Waals surface area contributed by atoms with Crippen LogP contribution in [-0.4, -0.2) is 43.8 Å². The second-order valence-electron chi connectivity index (χ2n) is 9.25. The van der Waals surface area contributed by atoms with Crippen LogP contribution in [-0.2, 0) is 14.6 Å². The number of hydrogen-bond donors (Lipinski definition) is 1. The minimum atomic E-state index is -3.56. The van der Waals surface area contributed by atoms with E-state index in [1.165, 1.54) is 11.8 Å². The number of thioether (sulfide) groups is 2. The number of rotatable bonds is 7. The SMILES string of the molecule is C=C(N(CC1CCOCC1)c1ccc(S(=O)(=O)C2SC(SC)=CC2Br)cc1N)C(C)(C)C. The molecule has 0 bridgehead atoms. The number of allylic oxidation sites excluding steroid dienone is 2. The molecular weight excluding hydrogens is 528 g/mol. The maximum atomic E-state index is 13.4. The van der Waals surface area contributed by atoms with Crippen molar-refractivity contribution in [1.29, 1.82) is 0 Å². The lowest BCUT2D eigenvalue weighted by Gasteiger charge is -2.38. The summed E-state index contributed by atoms with van der Waals surface area (Å²) in [6.45, 7) is 13.1. The Morgan fingerprint density at radius 1 is 1.34 bits per heavy atom. The first kappa shape index (κ1) is 26.0. The molecule has 0 aromatic heterocycles. The minimum Gasteiger partial charge on any atom is -0.397 e. The van der Waals surface area contributed by atoms with Gasteiger partial charge in [-0.2, -0.15) is 0 Å². The molecule has 0 aliphatic carbocycles. The molecule has 1 aromatic carbocycles. The average molecular weight is 562 g/mol. The van der Waals surface area contributed by atoms with Crippen molar-refractivity contribution in [3.8, 4) is 0 Å². The van der Waals surface area contributed by atoms with Crippen LogP contribution in [0.15, 0.2) is 45.7 Å². The minimum absolute atomic E-state index is 0.147. The molecule has 0 saturated carbocycles. The number of nitrogens with zero attached hydrogens (tertiary/aromatic N) is 1. The van der Waals surface area contributed by atoms with E-state index in [1.54, 1.807) is 23.9 Å². The first-order valence-corrected chi connectivity index (χ1v) is 15.3. The van der Waals surface area contributed by atoms with E-state index >= 15 is 0 Å². The predicted octanol–water partition coefficient (Wildman–Crippen LogP) is 5.88. The number of ether oxygens (including phenoxy) is 1. The number of hydrogen-bond acceptors (Lipinski definition) is 7. The summed E-state index contributed by atoms with van der Waals surface area (Å²) >= 11 is 6.46. The van der Waals surface area contributed by atoms with Gasteiger partial charge in [0.15, 0.2) is 9.84 Å². The summed E-state index contributed by atoms with van der Waals surface area (Å²) in [5.41, 5.74) is 8.57. The first-order valence-electron chi connectivity index (χ1n) is 10.7. The number of alkyl halides is 1. The van der Waals surface area contributed by atoms with E-state index in [1.807, 2.05) is 18.4 Å². The largest absolute Gasteiger partial charge is 0.397 e. The van der Waals surface area contributed by atoms with Crippen LogP contribution in [0.3, 0.4) is 0 Å². The van der Waals surface area contributed by atoms with Crippen LogP contribution in [0.1, 0.15) is 33.6 Å². The van der Waals surface area contributed by atoms with E-state index in [9.17, 15) is 8.42 Å². The van der Waals surface area contributed by atoms with E-state index in [2.05, 4.69) is 48.2 Å². The van der Waals surface area contributed by atoms with Crippen LogP contribution in [0.5, 0.6) is 0 Å². The van der Waals surface area contributed by atoms with Crippen molar-refractivity contribution in [2.24, 2.45) is 11.3 Å². The Bertz CT molecular complexity index is 983. The molecule has 2 unspecified atom stereocenters. The van der Waals surface area contributed by atoms with Gasteiger partial charge < -0.3 is 15.4 Å². The number of benzene rings is 1. The van der Waals surface area contributed by atoms with Crippen molar-refractivity contribution in [2.75, 3.05) is 36.6 Å². The number of halogens is 1. The fourth-order valence-corrected chi connectivity index (χ4v) is 9.82. The van der Waals surface area contributed by atoms with E-state index in [0.717, 1.165) is 48.2 Å². The number of nitrogen functional groups attached to an aromatic ring is 1. The molecule has 3 rings (SSSR count). The summed E-state index contributed by atoms with van der Waals surface area (Å²) < 4.78 is 32.6. The molecule has 178 valence electrons. The topological polar surface area (TPSA) is 72.6 Å². The van der Waals surface area contributed by atoms with Gasteiger partial charge >= 0.3 is 0 Å². The van der Waals surface area contributed by atoms with Gasteiger partial charge in [0.05, 0.1) is 21.1 Å². The molecular formula is C23H33BrN2O3S3. The number of sulfone groups is 1. The molecule has 1 aromatic rings. The maximum absolute atomic E-state index is 13.4. The van der Waals surface area contributed by atoms with Crippen LogP contribution >= 0.6 is 39.5 Å². The number of nitrogens with two attached hydrogens (primary N) is 1. The molecule has 0 spiro atoms. The van der Waals surface area contributed by atoms with E-state index in [4.69, 9.17) is 10.5 Å². The first-order chi connectivity index (χ1) is 14.9. The fourth-order valence-electron chi connectivity index (χ4n) is 3.81. The van der Waals surface area contributed by atoms with Gasteiger partial charge in [-0.3, -0.25) is 0 Å². The second kappa shape index (κ2) is 10.3. The lowest BCUT2D eigenvalue weighted by Crippen LogP contribution is -2.36. The van der Waals surface area contributed by atoms with Crippen molar-refractivity contribution in [2.45, 2.75) is 47.9 Å². The monoisotopic (exact) mass is 560 g/mol. The van der Waals surface area contributed by atoms with E-state index in [0.29, 0.717) is 11.6 Å². The molecule has 0 radical (unpaired) electrons. The molecule has 2 heterocycles. The summed E-state index contributed by atoms with van der Waals surface area (Å²) in [4.78, 5) is 2.20. The second-order valence-corrected chi connectivity index (χ2v) is 15.0. The Labute approximate surface area is 209 Å². The van der Waals surface area contributed by atoms with Crippen molar-refractivity contribution in [3.05, 3.63) is 40.8 Å². The lowest BCUT2D eigenvalue weighted by atomic mass is 9.90. The highest BCUT2D eigenvalue weighted by atomic mass is 79.9. The van der Waals surface area contributed by atoms with Crippen LogP contribution in [0.25, 0.3) is 0 Å². The van der Waals surface area contributed by atoms with Crippen molar-refractivity contribution in [3.63, 3.8) is 0 Å². The van der Waals surface area contributed by atoms with Gasteiger partial charge in [0.1, 0.15) is 4.58 Å². The predicted molar refractivity (Wildman–Crippen MR) is 143 cm³/mol. The summed E-state index contributed by atoms with van der Waals surface area (Å²) in [5.74, 6) is 0.478. The molecule has 32 heavy (non-hydrogen) atoms. The third-order valence-electron chi connectivity index (χ3n) is 5.89. The average Bonchev–Trinajstić information content (AvgIpc) is 3.13. The Morgan fingerprint density at radius 3 is 2.53 bits per heavy atom. The zero-order chi connectivity index (χ0) is 23.7. The van der Waals surface area contributed by atoms with Crippen molar-refractivity contribution < 1.29 is 13.2 Å². The molecule has 2 N–H and O–H groups in total. The van der Waals surface area contributed by atoms with Gasteiger partial charge in [0.2, 0.25) is 0 Å². The molecule has 9 heteroatoms. The van der Waals surface area contributed by atoms with E-state index in [-0.39, 0.29) is 15.1 Å². The molecule has 2 atom stereocenters. The molecule has 0 amide bonds. The molecule has 1 saturated heterocycles. The Balaban J connectivity index is 1.91. The van der Waals surface area contributed by atoms with Gasteiger partial charge in [0.25, 0.3) is 0 Å². The van der Waals surface area contributed by atoms with Gasteiger partial charge in [-0.15, -0.1) is 11.8 Å². The van der Waals surface area contributed by atoms with Crippen LogP contribution in [0, 0.1) is 11.3 Å². The molecule has 2 aliphatic rings. The Hall–Kier alpha value is -0.610. The third kappa shape index (κ3) is 5.71. The summed E-state index contributed by atoms with van der Waals surface area (Å²) in [7, 11) is -3.56. The van der Waals surface area contributed by atoms with Gasteiger partial charge in [-0.25, -0.2) is 8.42 Å². The van der Waals surface area contributed by atoms with Gasteiger partial charge in [0, 0.05) is 35.1 Å². The molecule has 1 fully saturated rings. The quantitative estimate of drug-likeness (QED) is 0.330.